The van der Waals surface area contributed by atoms with Crippen molar-refractivity contribution in [3.63, 3.8) is 0 Å². The summed E-state index contributed by atoms with van der Waals surface area (Å²) in [5.74, 6) is 1.58. The quantitative estimate of drug-likeness (QED) is 0.338. The normalized spacial score (nSPS) is 12.1. The number of benzene rings is 1. The molecule has 2 heterocycles. The van der Waals surface area contributed by atoms with Crippen LogP contribution in [-0.4, -0.2) is 64.7 Å². The summed E-state index contributed by atoms with van der Waals surface area (Å²) < 4.78 is 19.1. The molecule has 1 aromatic carbocycles. The minimum atomic E-state index is -0.180. The predicted molar refractivity (Wildman–Crippen MR) is 121 cm³/mol. The molecule has 174 valence electrons. The lowest BCUT2D eigenvalue weighted by atomic mass is 10.1. The summed E-state index contributed by atoms with van der Waals surface area (Å²) in [7, 11) is 3.50. The highest BCUT2D eigenvalue weighted by Gasteiger charge is 2.18. The molecule has 0 saturated carbocycles. The van der Waals surface area contributed by atoms with Crippen LogP contribution in [0.15, 0.2) is 24.4 Å². The van der Waals surface area contributed by atoms with Crippen LogP contribution in [0.3, 0.4) is 0 Å². The van der Waals surface area contributed by atoms with Crippen LogP contribution in [0.4, 0.5) is 5.82 Å². The summed E-state index contributed by atoms with van der Waals surface area (Å²) in [6, 6.07) is 5.95. The Morgan fingerprint density at radius 2 is 2.12 bits per heavy atom. The number of para-hydroxylation sites is 1. The van der Waals surface area contributed by atoms with Gasteiger partial charge in [0.25, 0.3) is 0 Å². The molecule has 0 spiro atoms. The van der Waals surface area contributed by atoms with Crippen LogP contribution in [0.25, 0.3) is 5.65 Å². The van der Waals surface area contributed by atoms with Gasteiger partial charge in [-0.1, -0.05) is 25.5 Å². The van der Waals surface area contributed by atoms with E-state index < -0.39 is 0 Å². The van der Waals surface area contributed by atoms with Gasteiger partial charge in [0, 0.05) is 31.6 Å². The van der Waals surface area contributed by atoms with E-state index in [0.29, 0.717) is 36.6 Å². The minimum absolute atomic E-state index is 0.0330. The molecule has 0 aliphatic heterocycles. The number of aliphatic hydroxyl groups is 1. The first-order valence-corrected chi connectivity index (χ1v) is 10.8. The number of likely N-dealkylation sites (N-methyl/N-ethyl adjacent to an activating group) is 1. The van der Waals surface area contributed by atoms with Gasteiger partial charge >= 0.3 is 6.01 Å². The molecule has 0 fully saturated rings. The highest BCUT2D eigenvalue weighted by atomic mass is 16.5. The van der Waals surface area contributed by atoms with E-state index in [1.54, 1.807) is 17.8 Å². The van der Waals surface area contributed by atoms with E-state index in [1.165, 1.54) is 0 Å². The second kappa shape index (κ2) is 11.5. The average molecular weight is 445 g/mol. The molecule has 1 atom stereocenters. The largest absolute Gasteiger partial charge is 0.493 e. The molecule has 0 saturated heterocycles. The lowest BCUT2D eigenvalue weighted by Gasteiger charge is -2.16. The van der Waals surface area contributed by atoms with E-state index in [1.807, 2.05) is 25.2 Å². The van der Waals surface area contributed by atoms with Crippen molar-refractivity contribution in [3.8, 4) is 17.5 Å². The second-order valence-corrected chi connectivity index (χ2v) is 7.38. The van der Waals surface area contributed by atoms with Crippen molar-refractivity contribution in [1.29, 1.82) is 0 Å². The van der Waals surface area contributed by atoms with E-state index in [9.17, 15) is 5.11 Å². The van der Waals surface area contributed by atoms with Crippen molar-refractivity contribution >= 4 is 11.5 Å². The molecular weight excluding hydrogens is 412 g/mol. The van der Waals surface area contributed by atoms with Gasteiger partial charge in [0.2, 0.25) is 0 Å². The summed E-state index contributed by atoms with van der Waals surface area (Å²) >= 11 is 0. The van der Waals surface area contributed by atoms with E-state index >= 15 is 0 Å². The molecule has 0 aliphatic carbocycles. The Bertz CT molecular complexity index is 1000. The molecule has 0 amide bonds. The van der Waals surface area contributed by atoms with Crippen LogP contribution >= 0.6 is 0 Å². The Balaban J connectivity index is 1.90. The first kappa shape index (κ1) is 23.6. The van der Waals surface area contributed by atoms with Crippen LogP contribution in [-0.2, 0) is 6.42 Å². The predicted octanol–water partition coefficient (Wildman–Crippen LogP) is 1.83. The molecule has 0 radical (unpaired) electrons. The summed E-state index contributed by atoms with van der Waals surface area (Å²) in [4.78, 5) is 8.63. The number of aromatic nitrogens is 4. The number of rotatable bonds is 13. The molecule has 2 aromatic heterocycles. The van der Waals surface area contributed by atoms with Crippen molar-refractivity contribution in [1.82, 2.24) is 24.9 Å². The van der Waals surface area contributed by atoms with Gasteiger partial charge < -0.3 is 30.4 Å². The van der Waals surface area contributed by atoms with Crippen LogP contribution in [0, 0.1) is 0 Å². The van der Waals surface area contributed by atoms with Crippen molar-refractivity contribution in [2.24, 2.45) is 0 Å². The third-order valence-corrected chi connectivity index (χ3v) is 5.02. The number of imidazole rings is 1. The standard InChI is InChI=1S/C22H32N6O4/c1-4-6-17(9-11-29)32-22-26-20(23)21-25-14-16(28(21)27-22)13-15-7-5-8-18(19(15)30-3)31-12-10-24-2/h5,7-8,14,17,24,29H,4,6,9-13H2,1-3H3,(H2,23,26,27). The van der Waals surface area contributed by atoms with Gasteiger partial charge in [0.05, 0.1) is 19.0 Å². The van der Waals surface area contributed by atoms with E-state index in [2.05, 4.69) is 27.3 Å². The van der Waals surface area contributed by atoms with Gasteiger partial charge in [-0.2, -0.15) is 4.98 Å². The Hall–Kier alpha value is -3.11. The highest BCUT2D eigenvalue weighted by molar-refractivity contribution is 5.60. The maximum Gasteiger partial charge on any atom is 0.336 e. The van der Waals surface area contributed by atoms with E-state index in [-0.39, 0.29) is 24.5 Å². The molecule has 32 heavy (non-hydrogen) atoms. The van der Waals surface area contributed by atoms with Gasteiger partial charge in [-0.05, 0) is 19.5 Å². The van der Waals surface area contributed by atoms with Crippen molar-refractivity contribution in [2.45, 2.75) is 38.7 Å². The number of aliphatic hydroxyl groups excluding tert-OH is 1. The monoisotopic (exact) mass is 444 g/mol. The minimum Gasteiger partial charge on any atom is -0.493 e. The Kier molecular flexibility index (Phi) is 8.46. The molecule has 3 aromatic rings. The molecule has 10 nitrogen and oxygen atoms in total. The average Bonchev–Trinajstić information content (AvgIpc) is 3.18. The number of ether oxygens (including phenoxy) is 3. The number of nitrogens with one attached hydrogen (secondary N) is 1. The second-order valence-electron chi connectivity index (χ2n) is 7.38. The molecule has 3 rings (SSSR count). The zero-order chi connectivity index (χ0) is 22.9. The lowest BCUT2D eigenvalue weighted by Crippen LogP contribution is -2.20. The van der Waals surface area contributed by atoms with E-state index in [0.717, 1.165) is 30.6 Å². The van der Waals surface area contributed by atoms with E-state index in [4.69, 9.17) is 19.9 Å². The molecule has 4 N–H and O–H groups in total. The number of nitrogens with zero attached hydrogens (tertiary/aromatic N) is 4. The fraction of sp³-hybridized carbons (Fsp3) is 0.500. The number of hydrogen-bond acceptors (Lipinski definition) is 9. The van der Waals surface area contributed by atoms with Crippen LogP contribution in [0.5, 0.6) is 17.5 Å². The number of nitrogen functional groups attached to an aromatic ring is 1. The van der Waals surface area contributed by atoms with Crippen molar-refractivity contribution < 1.29 is 19.3 Å². The van der Waals surface area contributed by atoms with Gasteiger partial charge in [0.1, 0.15) is 12.7 Å². The number of methoxy groups -OCH3 is 1. The fourth-order valence-electron chi connectivity index (χ4n) is 3.48. The van der Waals surface area contributed by atoms with Gasteiger partial charge in [-0.25, -0.2) is 9.50 Å². The van der Waals surface area contributed by atoms with Crippen LogP contribution in [0.1, 0.15) is 37.4 Å². The Morgan fingerprint density at radius 1 is 1.28 bits per heavy atom. The molecular formula is C22H32N6O4. The molecule has 0 aliphatic rings. The van der Waals surface area contributed by atoms with Gasteiger partial charge in [-0.15, -0.1) is 5.10 Å². The molecule has 1 unspecified atom stereocenters. The molecule has 0 bridgehead atoms. The van der Waals surface area contributed by atoms with Crippen molar-refractivity contribution in [2.75, 3.05) is 39.6 Å². The zero-order valence-electron chi connectivity index (χ0n) is 18.9. The zero-order valence-corrected chi connectivity index (χ0v) is 18.9. The summed E-state index contributed by atoms with van der Waals surface area (Å²) in [5.41, 5.74) is 8.32. The Labute approximate surface area is 187 Å². The Morgan fingerprint density at radius 3 is 2.84 bits per heavy atom. The third kappa shape index (κ3) is 5.57. The first-order valence-electron chi connectivity index (χ1n) is 10.8. The maximum atomic E-state index is 9.30. The summed E-state index contributed by atoms with van der Waals surface area (Å²) in [5, 5.41) is 16.9. The number of nitrogens with two attached hydrogens (primary N) is 1. The van der Waals surface area contributed by atoms with Gasteiger partial charge in [-0.3, -0.25) is 0 Å². The maximum absolute atomic E-state index is 9.30. The number of fused-ring (bicyclic) bond motifs is 1. The van der Waals surface area contributed by atoms with Crippen LogP contribution in [0.2, 0.25) is 0 Å². The fourth-order valence-corrected chi connectivity index (χ4v) is 3.48. The van der Waals surface area contributed by atoms with Crippen molar-refractivity contribution in [3.05, 3.63) is 35.7 Å². The SMILES string of the molecule is CCCC(CCO)Oc1nc(N)c2ncc(Cc3cccc(OCCNC)c3OC)n2n1. The first-order chi connectivity index (χ1) is 15.6. The lowest BCUT2D eigenvalue weighted by molar-refractivity contribution is 0.133. The topological polar surface area (TPSA) is 129 Å². The highest BCUT2D eigenvalue weighted by Crippen LogP contribution is 2.32. The summed E-state index contributed by atoms with van der Waals surface area (Å²) in [6.45, 7) is 3.35. The summed E-state index contributed by atoms with van der Waals surface area (Å²) in [6.07, 6.45) is 4.25. The van der Waals surface area contributed by atoms with Crippen LogP contribution < -0.4 is 25.3 Å². The third-order valence-electron chi connectivity index (χ3n) is 5.02. The smallest absolute Gasteiger partial charge is 0.336 e. The molecule has 10 heteroatoms. The van der Waals surface area contributed by atoms with Gasteiger partial charge in [0.15, 0.2) is 23.0 Å². The number of hydrogen-bond donors (Lipinski definition) is 3. The number of anilines is 1.